The molecule has 1 aromatic carbocycles. The molecule has 0 heterocycles. The summed E-state index contributed by atoms with van der Waals surface area (Å²) in [4.78, 5) is 11.0. The number of hydrogen-bond donors (Lipinski definition) is 2. The number of ether oxygens (including phenoxy) is 1. The quantitative estimate of drug-likeness (QED) is 0.770. The molecule has 0 amide bonds. The van der Waals surface area contributed by atoms with Gasteiger partial charge in [0.15, 0.2) is 0 Å². The van der Waals surface area contributed by atoms with Crippen molar-refractivity contribution in [3.05, 3.63) is 22.7 Å². The van der Waals surface area contributed by atoms with E-state index in [1.165, 1.54) is 19.2 Å². The van der Waals surface area contributed by atoms with E-state index >= 15 is 0 Å². The van der Waals surface area contributed by atoms with E-state index in [0.717, 1.165) is 0 Å². The molecule has 0 fully saturated rings. The highest BCUT2D eigenvalue weighted by Gasteiger charge is 2.27. The monoisotopic (exact) mass is 365 g/mol. The summed E-state index contributed by atoms with van der Waals surface area (Å²) in [5, 5.41) is 9.03. The highest BCUT2D eigenvalue weighted by atomic mass is 79.9. The summed E-state index contributed by atoms with van der Waals surface area (Å²) in [6.07, 6.45) is 0.764. The van der Waals surface area contributed by atoms with Crippen molar-refractivity contribution in [3.8, 4) is 5.75 Å². The van der Waals surface area contributed by atoms with Crippen molar-refractivity contribution in [3.63, 3.8) is 0 Å². The molecule has 0 aliphatic heterocycles. The zero-order valence-corrected chi connectivity index (χ0v) is 13.5. The van der Waals surface area contributed by atoms with Crippen LogP contribution in [0.3, 0.4) is 0 Å². The van der Waals surface area contributed by atoms with Gasteiger partial charge in [0.05, 0.1) is 7.11 Å². The zero-order valence-electron chi connectivity index (χ0n) is 11.1. The zero-order chi connectivity index (χ0) is 15.3. The summed E-state index contributed by atoms with van der Waals surface area (Å²) in [7, 11) is -2.63. The van der Waals surface area contributed by atoms with E-state index in [1.807, 2.05) is 0 Å². The number of nitrogens with one attached hydrogen (secondary N) is 1. The number of halogens is 1. The molecular weight excluding hydrogens is 350 g/mol. The first-order chi connectivity index (χ1) is 9.31. The fraction of sp³-hybridized carbons (Fsp3) is 0.417. The highest BCUT2D eigenvalue weighted by Crippen LogP contribution is 2.27. The molecule has 0 radical (unpaired) electrons. The molecule has 8 heteroatoms. The van der Waals surface area contributed by atoms with Gasteiger partial charge < -0.3 is 9.84 Å². The van der Waals surface area contributed by atoms with Gasteiger partial charge >= 0.3 is 5.97 Å². The molecule has 1 rings (SSSR count). The number of sulfonamides is 1. The minimum Gasteiger partial charge on any atom is -0.495 e. The van der Waals surface area contributed by atoms with Crippen molar-refractivity contribution in [1.82, 2.24) is 4.72 Å². The Hall–Kier alpha value is -1.12. The van der Waals surface area contributed by atoms with Crippen LogP contribution in [0, 0.1) is 0 Å². The molecule has 112 valence electrons. The third-order valence-corrected chi connectivity index (χ3v) is 4.57. The third kappa shape index (κ3) is 4.19. The van der Waals surface area contributed by atoms with Crippen molar-refractivity contribution >= 4 is 31.9 Å². The van der Waals surface area contributed by atoms with Crippen LogP contribution in [0.4, 0.5) is 0 Å². The van der Waals surface area contributed by atoms with Crippen LogP contribution < -0.4 is 9.46 Å². The second-order valence-corrected chi connectivity index (χ2v) is 6.69. The molecule has 0 aliphatic carbocycles. The number of carboxylic acid groups (broad SMARTS) is 1. The summed E-state index contributed by atoms with van der Waals surface area (Å²) in [6.45, 7) is 1.78. The lowest BCUT2D eigenvalue weighted by molar-refractivity contribution is -0.139. The Morgan fingerprint density at radius 1 is 1.50 bits per heavy atom. The van der Waals surface area contributed by atoms with Crippen LogP contribution in [0.1, 0.15) is 19.8 Å². The molecule has 20 heavy (non-hydrogen) atoms. The summed E-state index contributed by atoms with van der Waals surface area (Å²) in [5.41, 5.74) is 0. The van der Waals surface area contributed by atoms with Gasteiger partial charge in [-0.3, -0.25) is 4.79 Å². The van der Waals surface area contributed by atoms with Crippen molar-refractivity contribution in [2.45, 2.75) is 30.7 Å². The number of carboxylic acids is 1. The molecule has 0 aromatic heterocycles. The summed E-state index contributed by atoms with van der Waals surface area (Å²) < 4.78 is 32.3. The van der Waals surface area contributed by atoms with Crippen LogP contribution in [0.2, 0.25) is 0 Å². The van der Waals surface area contributed by atoms with Crippen LogP contribution in [-0.2, 0) is 14.8 Å². The van der Waals surface area contributed by atoms with Crippen molar-refractivity contribution in [2.75, 3.05) is 7.11 Å². The average Bonchev–Trinajstić information content (AvgIpc) is 2.38. The van der Waals surface area contributed by atoms with Gasteiger partial charge in [-0.15, -0.1) is 0 Å². The number of aliphatic carboxylic acids is 1. The third-order valence-electron chi connectivity index (χ3n) is 2.59. The van der Waals surface area contributed by atoms with Gasteiger partial charge in [-0.05, 0) is 24.6 Å². The summed E-state index contributed by atoms with van der Waals surface area (Å²) in [6, 6.07) is 3.34. The predicted molar refractivity (Wildman–Crippen MR) is 77.3 cm³/mol. The Balaban J connectivity index is 3.16. The molecule has 0 spiro atoms. The lowest BCUT2D eigenvalue weighted by Gasteiger charge is -2.15. The fourth-order valence-corrected chi connectivity index (χ4v) is 3.56. The smallest absolute Gasteiger partial charge is 0.321 e. The first-order valence-electron chi connectivity index (χ1n) is 5.90. The van der Waals surface area contributed by atoms with Gasteiger partial charge in [0.25, 0.3) is 0 Å². The molecule has 6 nitrogen and oxygen atoms in total. The van der Waals surface area contributed by atoms with E-state index in [2.05, 4.69) is 20.7 Å². The molecule has 1 atom stereocenters. The molecule has 0 saturated heterocycles. The Kier molecular flexibility index (Phi) is 5.97. The average molecular weight is 366 g/mol. The van der Waals surface area contributed by atoms with Gasteiger partial charge in [-0.1, -0.05) is 29.3 Å². The molecule has 2 N–H and O–H groups in total. The van der Waals surface area contributed by atoms with Gasteiger partial charge in [0.1, 0.15) is 16.7 Å². The lowest BCUT2D eigenvalue weighted by atomic mass is 10.2. The predicted octanol–water partition coefficient (Wildman–Crippen LogP) is 1.99. The molecule has 0 unspecified atom stereocenters. The van der Waals surface area contributed by atoms with Crippen LogP contribution >= 0.6 is 15.9 Å². The normalized spacial score (nSPS) is 12.9. The van der Waals surface area contributed by atoms with E-state index in [0.29, 0.717) is 10.9 Å². The van der Waals surface area contributed by atoms with Gasteiger partial charge in [0, 0.05) is 4.47 Å². The highest BCUT2D eigenvalue weighted by molar-refractivity contribution is 9.10. The molecular formula is C12H16BrNO5S. The van der Waals surface area contributed by atoms with E-state index in [4.69, 9.17) is 9.84 Å². The summed E-state index contributed by atoms with van der Waals surface area (Å²) >= 11 is 3.18. The second kappa shape index (κ2) is 7.05. The minimum atomic E-state index is -3.98. The Morgan fingerprint density at radius 3 is 2.65 bits per heavy atom. The topological polar surface area (TPSA) is 92.7 Å². The second-order valence-electron chi connectivity index (χ2n) is 4.10. The van der Waals surface area contributed by atoms with Crippen molar-refractivity contribution < 1.29 is 23.1 Å². The van der Waals surface area contributed by atoms with Crippen LogP contribution in [-0.4, -0.2) is 32.6 Å². The minimum absolute atomic E-state index is 0.100. The Labute approximate surface area is 126 Å². The van der Waals surface area contributed by atoms with E-state index < -0.39 is 22.0 Å². The maximum Gasteiger partial charge on any atom is 0.321 e. The first-order valence-corrected chi connectivity index (χ1v) is 8.18. The number of benzene rings is 1. The molecule has 0 aliphatic rings. The molecule has 0 bridgehead atoms. The maximum absolute atomic E-state index is 12.3. The fourth-order valence-electron chi connectivity index (χ4n) is 1.63. The number of rotatable bonds is 7. The van der Waals surface area contributed by atoms with Crippen LogP contribution in [0.25, 0.3) is 0 Å². The van der Waals surface area contributed by atoms with Gasteiger partial charge in [-0.2, -0.15) is 4.72 Å². The van der Waals surface area contributed by atoms with E-state index in [9.17, 15) is 13.2 Å². The van der Waals surface area contributed by atoms with Gasteiger partial charge in [0.2, 0.25) is 10.0 Å². The Bertz CT molecular complexity index is 588. The van der Waals surface area contributed by atoms with Crippen LogP contribution in [0.5, 0.6) is 5.75 Å². The maximum atomic E-state index is 12.3. The molecule has 0 saturated carbocycles. The first kappa shape index (κ1) is 16.9. The van der Waals surface area contributed by atoms with Crippen molar-refractivity contribution in [2.24, 2.45) is 0 Å². The number of methoxy groups -OCH3 is 1. The van der Waals surface area contributed by atoms with E-state index in [1.54, 1.807) is 13.0 Å². The summed E-state index contributed by atoms with van der Waals surface area (Å²) in [5.74, 6) is -1.05. The van der Waals surface area contributed by atoms with E-state index in [-0.39, 0.29) is 17.1 Å². The standard InChI is InChI=1S/C12H16BrNO5S/c1-3-4-9(12(15)16)14-20(17,18)11-7-8(13)5-6-10(11)19-2/h5-7,9,14H,3-4H2,1-2H3,(H,15,16)/t9-/m0/s1. The number of carbonyl (C=O) groups is 1. The lowest BCUT2D eigenvalue weighted by Crippen LogP contribution is -2.40. The Morgan fingerprint density at radius 2 is 2.15 bits per heavy atom. The van der Waals surface area contributed by atoms with Crippen LogP contribution in [0.15, 0.2) is 27.6 Å². The van der Waals surface area contributed by atoms with Crippen molar-refractivity contribution in [1.29, 1.82) is 0 Å². The largest absolute Gasteiger partial charge is 0.495 e. The molecule has 1 aromatic rings. The van der Waals surface area contributed by atoms with Gasteiger partial charge in [-0.25, -0.2) is 8.42 Å². The SMILES string of the molecule is CCC[C@H](NS(=O)(=O)c1cc(Br)ccc1OC)C(=O)O. The number of hydrogen-bond acceptors (Lipinski definition) is 4.